The van der Waals surface area contributed by atoms with Crippen LogP contribution < -0.4 is 11.3 Å². The van der Waals surface area contributed by atoms with Gasteiger partial charge in [0.2, 0.25) is 5.95 Å². The highest BCUT2D eigenvalue weighted by Crippen LogP contribution is 2.21. The van der Waals surface area contributed by atoms with Crippen molar-refractivity contribution in [2.24, 2.45) is 5.84 Å². The molecule has 2 rings (SSSR count). The number of nitrogens with two attached hydrogens (primary N) is 1. The first-order valence-electron chi connectivity index (χ1n) is 4.46. The van der Waals surface area contributed by atoms with Gasteiger partial charge in [-0.2, -0.15) is 0 Å². The molecule has 3 N–H and O–H groups in total. The predicted octanol–water partition coefficient (Wildman–Crippen LogP) is 1.71. The van der Waals surface area contributed by atoms with E-state index in [-0.39, 0.29) is 17.2 Å². The average molecular weight is 222 g/mol. The zero-order valence-corrected chi connectivity index (χ0v) is 8.11. The van der Waals surface area contributed by atoms with E-state index in [2.05, 4.69) is 15.4 Å². The number of hydrogen-bond acceptors (Lipinski definition) is 4. The van der Waals surface area contributed by atoms with E-state index < -0.39 is 11.6 Å². The van der Waals surface area contributed by atoms with Gasteiger partial charge >= 0.3 is 0 Å². The van der Waals surface area contributed by atoms with Gasteiger partial charge in [-0.3, -0.25) is 5.43 Å². The molecule has 0 radical (unpaired) electrons. The van der Waals surface area contributed by atoms with Crippen LogP contribution >= 0.6 is 0 Å². The highest BCUT2D eigenvalue weighted by atomic mass is 19.1. The molecule has 0 aliphatic rings. The summed E-state index contributed by atoms with van der Waals surface area (Å²) in [4.78, 5) is 7.68. The zero-order chi connectivity index (χ0) is 11.5. The monoisotopic (exact) mass is 222 g/mol. The Bertz CT molecular complexity index is 516. The van der Waals surface area contributed by atoms with E-state index in [1.54, 1.807) is 0 Å². The molecule has 0 bridgehead atoms. The Morgan fingerprint density at radius 3 is 2.75 bits per heavy atom. The van der Waals surface area contributed by atoms with Gasteiger partial charge in [-0.25, -0.2) is 24.6 Å². The van der Waals surface area contributed by atoms with Gasteiger partial charge in [-0.1, -0.05) is 0 Å². The molecule has 0 aliphatic carbocycles. The summed E-state index contributed by atoms with van der Waals surface area (Å²) in [6.45, 7) is 0. The standard InChI is InChI=1S/C10H8F2N4/c11-6-1-2-8(12)7(5-6)9-3-4-14-10(15-9)16-13/h1-5H,13H2,(H,14,15,16). The van der Waals surface area contributed by atoms with Crippen molar-refractivity contribution in [2.75, 3.05) is 5.43 Å². The second-order valence-electron chi connectivity index (χ2n) is 3.03. The summed E-state index contributed by atoms with van der Waals surface area (Å²) >= 11 is 0. The minimum absolute atomic E-state index is 0.0684. The first-order chi connectivity index (χ1) is 7.70. The van der Waals surface area contributed by atoms with Crippen molar-refractivity contribution in [2.45, 2.75) is 0 Å². The lowest BCUT2D eigenvalue weighted by molar-refractivity contribution is 0.602. The molecule has 82 valence electrons. The SMILES string of the molecule is NNc1nccc(-c2cc(F)ccc2F)n1. The molecule has 0 amide bonds. The average Bonchev–Trinajstić information content (AvgIpc) is 2.32. The molecule has 0 spiro atoms. The van der Waals surface area contributed by atoms with Crippen molar-refractivity contribution >= 4 is 5.95 Å². The third kappa shape index (κ3) is 1.96. The Balaban J connectivity index is 2.53. The van der Waals surface area contributed by atoms with Gasteiger partial charge < -0.3 is 0 Å². The van der Waals surface area contributed by atoms with E-state index >= 15 is 0 Å². The summed E-state index contributed by atoms with van der Waals surface area (Å²) in [5, 5.41) is 0. The van der Waals surface area contributed by atoms with Crippen molar-refractivity contribution in [1.29, 1.82) is 0 Å². The number of halogens is 2. The molecule has 0 saturated heterocycles. The van der Waals surface area contributed by atoms with Crippen LogP contribution in [0.15, 0.2) is 30.5 Å². The van der Waals surface area contributed by atoms with E-state index in [9.17, 15) is 8.78 Å². The third-order valence-electron chi connectivity index (χ3n) is 1.99. The van der Waals surface area contributed by atoms with E-state index in [1.165, 1.54) is 12.3 Å². The summed E-state index contributed by atoms with van der Waals surface area (Å²) in [5.41, 5.74) is 2.57. The van der Waals surface area contributed by atoms with Gasteiger partial charge in [0, 0.05) is 11.8 Å². The molecule has 0 aliphatic heterocycles. The van der Waals surface area contributed by atoms with Gasteiger partial charge in [0.05, 0.1) is 5.69 Å². The molecule has 0 saturated carbocycles. The number of nitrogen functional groups attached to an aromatic ring is 1. The van der Waals surface area contributed by atoms with Crippen LogP contribution in [0.25, 0.3) is 11.3 Å². The number of rotatable bonds is 2. The molecule has 16 heavy (non-hydrogen) atoms. The number of nitrogens with zero attached hydrogens (tertiary/aromatic N) is 2. The molecule has 4 nitrogen and oxygen atoms in total. The van der Waals surface area contributed by atoms with Crippen molar-refractivity contribution in [1.82, 2.24) is 9.97 Å². The normalized spacial score (nSPS) is 10.2. The molecule has 6 heteroatoms. The van der Waals surface area contributed by atoms with Gasteiger partial charge in [0.1, 0.15) is 11.6 Å². The van der Waals surface area contributed by atoms with Gasteiger partial charge in [0.25, 0.3) is 0 Å². The smallest absolute Gasteiger partial charge is 0.237 e. The third-order valence-corrected chi connectivity index (χ3v) is 1.99. The van der Waals surface area contributed by atoms with Gasteiger partial charge in [0.15, 0.2) is 0 Å². The maximum atomic E-state index is 13.4. The van der Waals surface area contributed by atoms with E-state index in [0.717, 1.165) is 18.2 Å². The number of nitrogens with one attached hydrogen (secondary N) is 1. The molecule has 1 aromatic carbocycles. The Morgan fingerprint density at radius 1 is 1.19 bits per heavy atom. The van der Waals surface area contributed by atoms with Crippen LogP contribution in [0.5, 0.6) is 0 Å². The number of hydrogen-bond donors (Lipinski definition) is 2. The number of aromatic nitrogens is 2. The lowest BCUT2D eigenvalue weighted by Gasteiger charge is -2.04. The van der Waals surface area contributed by atoms with Gasteiger partial charge in [-0.05, 0) is 24.3 Å². The van der Waals surface area contributed by atoms with Crippen LogP contribution in [0.1, 0.15) is 0 Å². The van der Waals surface area contributed by atoms with Crippen LogP contribution in [0.2, 0.25) is 0 Å². The van der Waals surface area contributed by atoms with Crippen molar-refractivity contribution in [3.8, 4) is 11.3 Å². The number of hydrazine groups is 1. The van der Waals surface area contributed by atoms with E-state index in [0.29, 0.717) is 0 Å². The molecule has 1 aromatic heterocycles. The molecule has 2 aromatic rings. The van der Waals surface area contributed by atoms with Crippen LogP contribution in [-0.2, 0) is 0 Å². The lowest BCUT2D eigenvalue weighted by atomic mass is 10.1. The molecule has 0 unspecified atom stereocenters. The number of benzene rings is 1. The highest BCUT2D eigenvalue weighted by Gasteiger charge is 2.08. The fraction of sp³-hybridized carbons (Fsp3) is 0. The van der Waals surface area contributed by atoms with Crippen LogP contribution in [-0.4, -0.2) is 9.97 Å². The van der Waals surface area contributed by atoms with E-state index in [4.69, 9.17) is 5.84 Å². The fourth-order valence-electron chi connectivity index (χ4n) is 1.27. The maximum absolute atomic E-state index is 13.4. The van der Waals surface area contributed by atoms with Crippen molar-refractivity contribution in [3.05, 3.63) is 42.1 Å². The van der Waals surface area contributed by atoms with Crippen molar-refractivity contribution in [3.63, 3.8) is 0 Å². The fourth-order valence-corrected chi connectivity index (χ4v) is 1.27. The topological polar surface area (TPSA) is 63.8 Å². The summed E-state index contributed by atoms with van der Waals surface area (Å²) in [6.07, 6.45) is 1.40. The first-order valence-corrected chi connectivity index (χ1v) is 4.46. The highest BCUT2D eigenvalue weighted by molar-refractivity contribution is 5.60. The molecule has 0 fully saturated rings. The maximum Gasteiger partial charge on any atom is 0.237 e. The van der Waals surface area contributed by atoms with Crippen LogP contribution in [0.4, 0.5) is 14.7 Å². The second-order valence-corrected chi connectivity index (χ2v) is 3.03. The Kier molecular flexibility index (Phi) is 2.74. The predicted molar refractivity (Wildman–Crippen MR) is 55.2 cm³/mol. The summed E-state index contributed by atoms with van der Waals surface area (Å²) in [7, 11) is 0. The minimum atomic E-state index is -0.553. The van der Waals surface area contributed by atoms with E-state index in [1.807, 2.05) is 0 Å². The van der Waals surface area contributed by atoms with Gasteiger partial charge in [-0.15, -0.1) is 0 Å². The largest absolute Gasteiger partial charge is 0.292 e. The van der Waals surface area contributed by atoms with Crippen LogP contribution in [0, 0.1) is 11.6 Å². The van der Waals surface area contributed by atoms with Crippen molar-refractivity contribution < 1.29 is 8.78 Å². The quantitative estimate of drug-likeness (QED) is 0.599. The number of anilines is 1. The van der Waals surface area contributed by atoms with Crippen LogP contribution in [0.3, 0.4) is 0 Å². The summed E-state index contributed by atoms with van der Waals surface area (Å²) in [5.74, 6) is 4.18. The Hall–Kier alpha value is -2.08. The Morgan fingerprint density at radius 2 is 2.00 bits per heavy atom. The Labute approximate surface area is 90.1 Å². The molecule has 1 heterocycles. The second kappa shape index (κ2) is 4.19. The summed E-state index contributed by atoms with van der Waals surface area (Å²) < 4.78 is 26.4. The lowest BCUT2D eigenvalue weighted by Crippen LogP contribution is -2.10. The summed E-state index contributed by atoms with van der Waals surface area (Å²) in [6, 6.07) is 4.63. The minimum Gasteiger partial charge on any atom is -0.292 e. The molecular weight excluding hydrogens is 214 g/mol. The zero-order valence-electron chi connectivity index (χ0n) is 8.11. The molecule has 0 atom stereocenters. The molecular formula is C10H8F2N4. The first kappa shape index (κ1) is 10.4.